The minimum absolute atomic E-state index is 0.0279. The molecule has 1 N–H and O–H groups in total. The average molecular weight is 365 g/mol. The van der Waals surface area contributed by atoms with E-state index in [0.29, 0.717) is 29.7 Å². The van der Waals surface area contributed by atoms with Crippen molar-refractivity contribution >= 4 is 11.6 Å². The van der Waals surface area contributed by atoms with Crippen molar-refractivity contribution < 1.29 is 9.53 Å². The van der Waals surface area contributed by atoms with Crippen molar-refractivity contribution in [2.24, 2.45) is 0 Å². The van der Waals surface area contributed by atoms with Gasteiger partial charge in [0.05, 0.1) is 5.69 Å². The molecule has 0 aliphatic carbocycles. The Hall–Kier alpha value is -3.22. The third kappa shape index (κ3) is 4.13. The average Bonchev–Trinajstić information content (AvgIpc) is 2.90. The molecule has 3 rings (SSSR count). The highest BCUT2D eigenvalue weighted by Crippen LogP contribution is 2.24. The topological polar surface area (TPSA) is 81.9 Å². The fourth-order valence-electron chi connectivity index (χ4n) is 2.61. The van der Waals surface area contributed by atoms with Crippen LogP contribution in [0.4, 0.5) is 5.69 Å². The Balaban J connectivity index is 1.84. The molecule has 27 heavy (non-hydrogen) atoms. The van der Waals surface area contributed by atoms with Gasteiger partial charge < -0.3 is 10.1 Å². The first-order valence-corrected chi connectivity index (χ1v) is 8.84. The van der Waals surface area contributed by atoms with Gasteiger partial charge in [0.1, 0.15) is 11.6 Å². The lowest BCUT2D eigenvalue weighted by Crippen LogP contribution is -2.09. The van der Waals surface area contributed by atoms with E-state index in [1.807, 2.05) is 34.6 Å². The van der Waals surface area contributed by atoms with Gasteiger partial charge in [0, 0.05) is 23.9 Å². The number of carbonyl (C=O) groups excluding carboxylic acids is 1. The van der Waals surface area contributed by atoms with Crippen molar-refractivity contribution in [2.45, 2.75) is 41.0 Å². The lowest BCUT2D eigenvalue weighted by molar-refractivity contribution is -0.115. The lowest BCUT2D eigenvalue weighted by atomic mass is 10.2. The highest BCUT2D eigenvalue weighted by molar-refractivity contribution is 5.90. The van der Waals surface area contributed by atoms with E-state index in [2.05, 4.69) is 20.4 Å². The molecule has 7 heteroatoms. The van der Waals surface area contributed by atoms with Crippen molar-refractivity contribution in [2.75, 3.05) is 5.32 Å². The lowest BCUT2D eigenvalue weighted by Gasteiger charge is -2.10. The van der Waals surface area contributed by atoms with E-state index in [0.717, 1.165) is 22.6 Å². The quantitative estimate of drug-likeness (QED) is 0.738. The highest BCUT2D eigenvalue weighted by atomic mass is 16.5. The summed E-state index contributed by atoms with van der Waals surface area (Å²) in [5.74, 6) is 2.30. The van der Waals surface area contributed by atoms with Crippen LogP contribution in [0.1, 0.15) is 36.1 Å². The molecule has 7 nitrogen and oxygen atoms in total. The molecule has 0 unspecified atom stereocenters. The summed E-state index contributed by atoms with van der Waals surface area (Å²) in [6.45, 7) is 9.66. The van der Waals surface area contributed by atoms with Crippen molar-refractivity contribution in [1.82, 2.24) is 19.7 Å². The summed E-state index contributed by atoms with van der Waals surface area (Å²) in [6, 6.07) is 8.93. The Morgan fingerprint density at radius 2 is 1.81 bits per heavy atom. The molecule has 2 aromatic heterocycles. The molecule has 3 aromatic rings. The summed E-state index contributed by atoms with van der Waals surface area (Å²) in [6.07, 6.45) is 0.438. The van der Waals surface area contributed by atoms with E-state index in [1.165, 1.54) is 0 Å². The summed E-state index contributed by atoms with van der Waals surface area (Å²) < 4.78 is 7.68. The molecular weight excluding hydrogens is 342 g/mol. The largest absolute Gasteiger partial charge is 0.439 e. The summed E-state index contributed by atoms with van der Waals surface area (Å²) in [5.41, 5.74) is 3.87. The third-order valence-corrected chi connectivity index (χ3v) is 4.35. The van der Waals surface area contributed by atoms with Crippen LogP contribution in [0.25, 0.3) is 5.82 Å². The van der Waals surface area contributed by atoms with Gasteiger partial charge in [-0.15, -0.1) is 0 Å². The molecule has 0 atom stereocenters. The number of ether oxygens (including phenoxy) is 1. The number of nitrogens with zero attached hydrogens (tertiary/aromatic N) is 4. The van der Waals surface area contributed by atoms with E-state index in [9.17, 15) is 4.79 Å². The number of carbonyl (C=O) groups is 1. The van der Waals surface area contributed by atoms with Crippen LogP contribution in [-0.4, -0.2) is 25.7 Å². The Morgan fingerprint density at radius 3 is 2.41 bits per heavy atom. The summed E-state index contributed by atoms with van der Waals surface area (Å²) >= 11 is 0. The fourth-order valence-corrected chi connectivity index (χ4v) is 2.61. The number of nitrogens with one attached hydrogen (secondary N) is 1. The van der Waals surface area contributed by atoms with Crippen LogP contribution in [0.2, 0.25) is 0 Å². The number of hydrogen-bond donors (Lipinski definition) is 1. The zero-order valence-electron chi connectivity index (χ0n) is 16.2. The number of benzene rings is 1. The van der Waals surface area contributed by atoms with Crippen LogP contribution in [0, 0.1) is 27.7 Å². The second-order valence-electron chi connectivity index (χ2n) is 6.35. The molecule has 0 bridgehead atoms. The van der Waals surface area contributed by atoms with Gasteiger partial charge in [0.15, 0.2) is 5.82 Å². The summed E-state index contributed by atoms with van der Waals surface area (Å²) in [5, 5.41) is 7.35. The number of amides is 1. The van der Waals surface area contributed by atoms with E-state index in [1.54, 1.807) is 35.0 Å². The molecule has 0 aliphatic rings. The van der Waals surface area contributed by atoms with Gasteiger partial charge in [-0.25, -0.2) is 9.67 Å². The molecule has 2 heterocycles. The number of aryl methyl sites for hydroxylation is 2. The van der Waals surface area contributed by atoms with Crippen molar-refractivity contribution in [3.8, 4) is 17.4 Å². The van der Waals surface area contributed by atoms with E-state index in [-0.39, 0.29) is 5.91 Å². The van der Waals surface area contributed by atoms with Gasteiger partial charge in [0.2, 0.25) is 11.8 Å². The zero-order chi connectivity index (χ0) is 19.6. The maximum atomic E-state index is 11.5. The minimum Gasteiger partial charge on any atom is -0.439 e. The van der Waals surface area contributed by atoms with Crippen LogP contribution in [0.5, 0.6) is 11.6 Å². The van der Waals surface area contributed by atoms with Gasteiger partial charge in [-0.2, -0.15) is 10.1 Å². The van der Waals surface area contributed by atoms with Gasteiger partial charge >= 0.3 is 0 Å². The molecule has 0 spiro atoms. The summed E-state index contributed by atoms with van der Waals surface area (Å²) in [7, 11) is 0. The second kappa shape index (κ2) is 7.57. The predicted octanol–water partition coefficient (Wildman–Crippen LogP) is 4.04. The van der Waals surface area contributed by atoms with E-state index < -0.39 is 0 Å². The summed E-state index contributed by atoms with van der Waals surface area (Å²) in [4.78, 5) is 20.3. The first kappa shape index (κ1) is 18.6. The Morgan fingerprint density at radius 1 is 1.11 bits per heavy atom. The number of aromatic nitrogens is 4. The standard InChI is InChI=1S/C20H23N5O2/c1-6-19(26)23-16-7-9-17(10-8-16)27-20-11-18(21-15(5)22-20)25-14(4)12(2)13(3)24-25/h7-11H,6H2,1-5H3,(H,23,26). The third-order valence-electron chi connectivity index (χ3n) is 4.35. The van der Waals surface area contributed by atoms with Gasteiger partial charge in [-0.05, 0) is 57.5 Å². The predicted molar refractivity (Wildman–Crippen MR) is 104 cm³/mol. The molecule has 0 fully saturated rings. The molecule has 1 aromatic carbocycles. The SMILES string of the molecule is CCC(=O)Nc1ccc(Oc2cc(-n3nc(C)c(C)c3C)nc(C)n2)cc1. The van der Waals surface area contributed by atoms with Crippen LogP contribution < -0.4 is 10.1 Å². The Bertz CT molecular complexity index is 977. The zero-order valence-corrected chi connectivity index (χ0v) is 16.2. The van der Waals surface area contributed by atoms with Crippen LogP contribution >= 0.6 is 0 Å². The van der Waals surface area contributed by atoms with Gasteiger partial charge in [0.25, 0.3) is 0 Å². The Labute approximate surface area is 158 Å². The monoisotopic (exact) mass is 365 g/mol. The minimum atomic E-state index is -0.0279. The van der Waals surface area contributed by atoms with Crippen molar-refractivity contribution in [3.63, 3.8) is 0 Å². The number of hydrogen-bond acceptors (Lipinski definition) is 5. The maximum Gasteiger partial charge on any atom is 0.224 e. The van der Waals surface area contributed by atoms with Gasteiger partial charge in [-0.1, -0.05) is 6.92 Å². The second-order valence-corrected chi connectivity index (χ2v) is 6.35. The first-order valence-electron chi connectivity index (χ1n) is 8.84. The van der Waals surface area contributed by atoms with Crippen LogP contribution in [-0.2, 0) is 4.79 Å². The number of rotatable bonds is 5. The maximum absolute atomic E-state index is 11.5. The molecular formula is C20H23N5O2. The number of anilines is 1. The molecule has 0 aliphatic heterocycles. The van der Waals surface area contributed by atoms with E-state index in [4.69, 9.17) is 4.74 Å². The first-order chi connectivity index (χ1) is 12.9. The van der Waals surface area contributed by atoms with Gasteiger partial charge in [-0.3, -0.25) is 4.79 Å². The van der Waals surface area contributed by atoms with Crippen LogP contribution in [0.3, 0.4) is 0 Å². The van der Waals surface area contributed by atoms with Crippen molar-refractivity contribution in [1.29, 1.82) is 0 Å². The molecule has 0 saturated heterocycles. The molecule has 0 radical (unpaired) electrons. The fraction of sp³-hybridized carbons (Fsp3) is 0.300. The molecule has 140 valence electrons. The van der Waals surface area contributed by atoms with Crippen molar-refractivity contribution in [3.05, 3.63) is 53.1 Å². The molecule has 1 amide bonds. The normalized spacial score (nSPS) is 10.7. The Kier molecular flexibility index (Phi) is 5.21. The smallest absolute Gasteiger partial charge is 0.224 e. The van der Waals surface area contributed by atoms with Crippen LogP contribution in [0.15, 0.2) is 30.3 Å². The molecule has 0 saturated carbocycles. The van der Waals surface area contributed by atoms with E-state index >= 15 is 0 Å². The highest BCUT2D eigenvalue weighted by Gasteiger charge is 2.13.